The summed E-state index contributed by atoms with van der Waals surface area (Å²) in [6.07, 6.45) is 1.49. The third-order valence-corrected chi connectivity index (χ3v) is 2.63. The Kier molecular flexibility index (Phi) is 3.81. The average Bonchev–Trinajstić information content (AvgIpc) is 2.31. The number of rotatable bonds is 3. The number of hydrogen-bond donors (Lipinski definition) is 2. The van der Waals surface area contributed by atoms with E-state index < -0.39 is 7.12 Å². The zero-order valence-corrected chi connectivity index (χ0v) is 10.1. The molecular weight excluding hydrogens is 254 g/mol. The fraction of sp³-hybridized carbons (Fsp3) is 0.0909. The lowest BCUT2D eigenvalue weighted by Crippen LogP contribution is -2.35. The first-order valence-corrected chi connectivity index (χ1v) is 5.62. The molecule has 0 saturated heterocycles. The largest absolute Gasteiger partial charge is 0.488 e. The molecule has 0 atom stereocenters. The molecule has 2 rings (SSSR count). The molecule has 0 unspecified atom stereocenters. The molecular formula is C11H10BClN2O3. The van der Waals surface area contributed by atoms with Gasteiger partial charge in [-0.05, 0) is 23.7 Å². The van der Waals surface area contributed by atoms with Crippen molar-refractivity contribution in [2.45, 2.75) is 6.54 Å². The number of pyridine rings is 2. The molecule has 5 nitrogen and oxygen atoms in total. The SMILES string of the molecule is O=c1cc(B(O)O)ccn1Cc1cccc(Cl)n1. The van der Waals surface area contributed by atoms with Gasteiger partial charge in [-0.1, -0.05) is 17.7 Å². The number of halogens is 1. The Bertz CT molecular complexity index is 615. The maximum absolute atomic E-state index is 11.7. The van der Waals surface area contributed by atoms with Gasteiger partial charge in [0.2, 0.25) is 0 Å². The van der Waals surface area contributed by atoms with E-state index in [0.717, 1.165) is 0 Å². The fourth-order valence-corrected chi connectivity index (χ4v) is 1.71. The second kappa shape index (κ2) is 5.35. The van der Waals surface area contributed by atoms with Gasteiger partial charge in [-0.3, -0.25) is 4.79 Å². The molecule has 0 fully saturated rings. The van der Waals surface area contributed by atoms with Crippen molar-refractivity contribution in [1.29, 1.82) is 0 Å². The summed E-state index contributed by atoms with van der Waals surface area (Å²) in [6.45, 7) is 0.279. The van der Waals surface area contributed by atoms with Gasteiger partial charge in [-0.25, -0.2) is 4.98 Å². The van der Waals surface area contributed by atoms with Crippen molar-refractivity contribution in [3.8, 4) is 0 Å². The molecule has 0 aromatic carbocycles. The van der Waals surface area contributed by atoms with E-state index in [1.54, 1.807) is 18.2 Å². The van der Waals surface area contributed by atoms with Crippen LogP contribution in [0.3, 0.4) is 0 Å². The molecule has 2 N–H and O–H groups in total. The van der Waals surface area contributed by atoms with E-state index in [9.17, 15) is 4.79 Å². The third kappa shape index (κ3) is 2.98. The van der Waals surface area contributed by atoms with E-state index in [0.29, 0.717) is 10.8 Å². The summed E-state index contributed by atoms with van der Waals surface area (Å²) < 4.78 is 1.41. The van der Waals surface area contributed by atoms with Crippen molar-refractivity contribution < 1.29 is 10.0 Å². The van der Waals surface area contributed by atoms with Crippen LogP contribution >= 0.6 is 11.6 Å². The number of aromatic nitrogens is 2. The quantitative estimate of drug-likeness (QED) is 0.586. The van der Waals surface area contributed by atoms with Crippen molar-refractivity contribution in [1.82, 2.24) is 9.55 Å². The first-order valence-electron chi connectivity index (χ1n) is 5.24. The molecule has 2 heterocycles. The molecule has 18 heavy (non-hydrogen) atoms. The summed E-state index contributed by atoms with van der Waals surface area (Å²) in [5.74, 6) is 0. The van der Waals surface area contributed by atoms with Crippen molar-refractivity contribution in [2.24, 2.45) is 0 Å². The molecule has 0 radical (unpaired) electrons. The second-order valence-corrected chi connectivity index (χ2v) is 4.14. The van der Waals surface area contributed by atoms with Crippen LogP contribution in [-0.2, 0) is 6.54 Å². The van der Waals surface area contributed by atoms with E-state index in [2.05, 4.69) is 4.98 Å². The first-order chi connectivity index (χ1) is 8.56. The van der Waals surface area contributed by atoms with E-state index in [4.69, 9.17) is 21.6 Å². The summed E-state index contributed by atoms with van der Waals surface area (Å²) in [6, 6.07) is 7.81. The molecule has 0 spiro atoms. The Morgan fingerprint density at radius 1 is 1.33 bits per heavy atom. The second-order valence-electron chi connectivity index (χ2n) is 3.75. The summed E-state index contributed by atoms with van der Waals surface area (Å²) >= 11 is 5.75. The van der Waals surface area contributed by atoms with Crippen LogP contribution in [0, 0.1) is 0 Å². The van der Waals surface area contributed by atoms with Crippen LogP contribution < -0.4 is 11.0 Å². The van der Waals surface area contributed by atoms with Crippen molar-refractivity contribution in [3.05, 3.63) is 57.7 Å². The molecule has 2 aromatic rings. The highest BCUT2D eigenvalue weighted by molar-refractivity contribution is 6.58. The van der Waals surface area contributed by atoms with E-state index in [1.165, 1.54) is 22.9 Å². The smallest absolute Gasteiger partial charge is 0.423 e. The number of nitrogens with zero attached hydrogens (tertiary/aromatic N) is 2. The molecule has 0 bridgehead atoms. The predicted molar refractivity (Wildman–Crippen MR) is 68.9 cm³/mol. The fourth-order valence-electron chi connectivity index (χ4n) is 1.53. The Labute approximate surface area is 108 Å². The van der Waals surface area contributed by atoms with Crippen LogP contribution in [0.1, 0.15) is 5.69 Å². The van der Waals surface area contributed by atoms with Gasteiger partial charge in [-0.2, -0.15) is 0 Å². The summed E-state index contributed by atoms with van der Waals surface area (Å²) in [5.41, 5.74) is 0.486. The van der Waals surface area contributed by atoms with Crippen LogP contribution in [0.5, 0.6) is 0 Å². The minimum absolute atomic E-state index is 0.162. The molecule has 92 valence electrons. The zero-order chi connectivity index (χ0) is 13.1. The third-order valence-electron chi connectivity index (χ3n) is 2.42. The maximum atomic E-state index is 11.7. The summed E-state index contributed by atoms with van der Waals surface area (Å²) in [7, 11) is -1.64. The van der Waals surface area contributed by atoms with Gasteiger partial charge in [0.1, 0.15) is 5.15 Å². The van der Waals surface area contributed by atoms with Crippen LogP contribution in [-0.4, -0.2) is 26.7 Å². The lowest BCUT2D eigenvalue weighted by molar-refractivity contribution is 0.425. The highest BCUT2D eigenvalue weighted by Crippen LogP contribution is 2.05. The molecule has 0 aliphatic carbocycles. The zero-order valence-electron chi connectivity index (χ0n) is 9.32. The van der Waals surface area contributed by atoms with Gasteiger partial charge >= 0.3 is 7.12 Å². The molecule has 7 heteroatoms. The molecule has 2 aromatic heterocycles. The van der Waals surface area contributed by atoms with Crippen LogP contribution in [0.25, 0.3) is 0 Å². The summed E-state index contributed by atoms with van der Waals surface area (Å²) in [4.78, 5) is 15.8. The Balaban J connectivity index is 2.28. The average molecular weight is 264 g/mol. The van der Waals surface area contributed by atoms with Crippen molar-refractivity contribution in [2.75, 3.05) is 0 Å². The molecule has 0 saturated carbocycles. The van der Waals surface area contributed by atoms with E-state index >= 15 is 0 Å². The van der Waals surface area contributed by atoms with Crippen LogP contribution in [0.15, 0.2) is 41.3 Å². The minimum atomic E-state index is -1.64. The minimum Gasteiger partial charge on any atom is -0.423 e. The lowest BCUT2D eigenvalue weighted by atomic mass is 9.81. The van der Waals surface area contributed by atoms with Crippen LogP contribution in [0.4, 0.5) is 0 Å². The Morgan fingerprint density at radius 2 is 2.11 bits per heavy atom. The highest BCUT2D eigenvalue weighted by Gasteiger charge is 2.11. The predicted octanol–water partition coefficient (Wildman–Crippen LogP) is -0.375. The number of hydrogen-bond acceptors (Lipinski definition) is 4. The highest BCUT2D eigenvalue weighted by atomic mass is 35.5. The van der Waals surface area contributed by atoms with E-state index in [-0.39, 0.29) is 17.6 Å². The summed E-state index contributed by atoms with van der Waals surface area (Å²) in [5, 5.41) is 18.2. The van der Waals surface area contributed by atoms with Crippen molar-refractivity contribution in [3.63, 3.8) is 0 Å². The lowest BCUT2D eigenvalue weighted by Gasteiger charge is -2.06. The van der Waals surface area contributed by atoms with E-state index in [1.807, 2.05) is 0 Å². The Morgan fingerprint density at radius 3 is 2.72 bits per heavy atom. The molecule has 0 aliphatic heterocycles. The topological polar surface area (TPSA) is 75.3 Å². The first kappa shape index (κ1) is 12.8. The normalized spacial score (nSPS) is 10.4. The van der Waals surface area contributed by atoms with Crippen LogP contribution in [0.2, 0.25) is 5.15 Å². The van der Waals surface area contributed by atoms with Gasteiger partial charge < -0.3 is 14.6 Å². The monoisotopic (exact) mass is 264 g/mol. The van der Waals surface area contributed by atoms with Gasteiger partial charge in [0.05, 0.1) is 12.2 Å². The Hall–Kier alpha value is -1.63. The van der Waals surface area contributed by atoms with Gasteiger partial charge in [0.15, 0.2) is 0 Å². The van der Waals surface area contributed by atoms with Gasteiger partial charge in [0, 0.05) is 12.3 Å². The van der Waals surface area contributed by atoms with Gasteiger partial charge in [-0.15, -0.1) is 0 Å². The molecule has 0 aliphatic rings. The van der Waals surface area contributed by atoms with Gasteiger partial charge in [0.25, 0.3) is 5.56 Å². The van der Waals surface area contributed by atoms with Crippen molar-refractivity contribution >= 4 is 24.2 Å². The maximum Gasteiger partial charge on any atom is 0.488 e. The molecule has 0 amide bonds. The standard InChI is InChI=1S/C11H10BClN2O3/c13-10-3-1-2-9(14-10)7-15-5-4-8(12(17)18)6-11(15)16/h1-6,17-18H,7H2.